The molecule has 1 aromatic heterocycles. The second kappa shape index (κ2) is 7.43. The summed E-state index contributed by atoms with van der Waals surface area (Å²) in [5, 5.41) is 0.130. The van der Waals surface area contributed by atoms with E-state index >= 15 is 0 Å². The highest BCUT2D eigenvalue weighted by molar-refractivity contribution is 6.10. The molecule has 0 atom stereocenters. The van der Waals surface area contributed by atoms with Gasteiger partial charge < -0.3 is 4.57 Å². The number of hydrogen-bond donors (Lipinski definition) is 0. The van der Waals surface area contributed by atoms with E-state index in [-0.39, 0.29) is 16.5 Å². The molecule has 0 saturated heterocycles. The largest absolute Gasteiger partial charge is 0.342 e. The Morgan fingerprint density at radius 2 is 1.66 bits per heavy atom. The third-order valence-electron chi connectivity index (χ3n) is 4.83. The summed E-state index contributed by atoms with van der Waals surface area (Å²) >= 11 is 0. The molecule has 0 saturated carbocycles. The first-order valence-electron chi connectivity index (χ1n) is 9.11. The second-order valence-electron chi connectivity index (χ2n) is 6.99. The van der Waals surface area contributed by atoms with Gasteiger partial charge in [-0.15, -0.1) is 0 Å². The highest BCUT2D eigenvalue weighted by Gasteiger charge is 2.18. The lowest BCUT2D eigenvalue weighted by molar-refractivity contribution is 0.103. The molecular formula is C24H17F2NO2. The van der Waals surface area contributed by atoms with Gasteiger partial charge in [-0.3, -0.25) is 9.59 Å². The van der Waals surface area contributed by atoms with Gasteiger partial charge in [0, 0.05) is 23.7 Å². The van der Waals surface area contributed by atoms with Crippen LogP contribution in [0.3, 0.4) is 0 Å². The molecule has 0 amide bonds. The normalized spacial score (nSPS) is 11.0. The maximum absolute atomic E-state index is 13.9. The second-order valence-corrected chi connectivity index (χ2v) is 6.99. The van der Waals surface area contributed by atoms with E-state index in [1.165, 1.54) is 42.6 Å². The fourth-order valence-electron chi connectivity index (χ4n) is 3.43. The molecule has 0 N–H and O–H groups in total. The summed E-state index contributed by atoms with van der Waals surface area (Å²) in [6.07, 6.45) is 1.50. The van der Waals surface area contributed by atoms with Crippen molar-refractivity contribution in [1.82, 2.24) is 4.57 Å². The van der Waals surface area contributed by atoms with Crippen LogP contribution < -0.4 is 5.43 Å². The van der Waals surface area contributed by atoms with E-state index in [0.717, 1.165) is 17.2 Å². The third-order valence-corrected chi connectivity index (χ3v) is 4.83. The van der Waals surface area contributed by atoms with Crippen LogP contribution >= 0.6 is 0 Å². The zero-order chi connectivity index (χ0) is 20.5. The quantitative estimate of drug-likeness (QED) is 0.467. The standard InChI is InChI=1S/C24H17F2NO2/c1-15-3-2-4-16(11-15)13-27-14-21(23(28)17-5-7-18(25)8-6-17)24(29)20-12-19(26)9-10-22(20)27/h2-12,14H,13H2,1H3. The number of pyridine rings is 1. The van der Waals surface area contributed by atoms with Gasteiger partial charge in [-0.25, -0.2) is 8.78 Å². The van der Waals surface area contributed by atoms with Crippen molar-refractivity contribution in [3.8, 4) is 0 Å². The summed E-state index contributed by atoms with van der Waals surface area (Å²) in [7, 11) is 0. The van der Waals surface area contributed by atoms with E-state index < -0.39 is 22.8 Å². The summed E-state index contributed by atoms with van der Waals surface area (Å²) in [4.78, 5) is 25.9. The van der Waals surface area contributed by atoms with Crippen LogP contribution in [0.5, 0.6) is 0 Å². The van der Waals surface area contributed by atoms with Crippen LogP contribution in [-0.4, -0.2) is 10.4 Å². The number of nitrogens with zero attached hydrogens (tertiary/aromatic N) is 1. The number of halogens is 2. The first kappa shape index (κ1) is 18.7. The monoisotopic (exact) mass is 389 g/mol. The molecule has 3 aromatic carbocycles. The number of carbonyl (C=O) groups is 1. The van der Waals surface area contributed by atoms with E-state index in [2.05, 4.69) is 0 Å². The molecule has 144 valence electrons. The summed E-state index contributed by atoms with van der Waals surface area (Å²) in [6.45, 7) is 2.39. The van der Waals surface area contributed by atoms with Gasteiger partial charge in [0.1, 0.15) is 11.6 Å². The Morgan fingerprint density at radius 3 is 2.38 bits per heavy atom. The van der Waals surface area contributed by atoms with Crippen molar-refractivity contribution in [2.45, 2.75) is 13.5 Å². The van der Waals surface area contributed by atoms with Gasteiger partial charge in [0.05, 0.1) is 11.1 Å². The van der Waals surface area contributed by atoms with Crippen LogP contribution in [-0.2, 0) is 6.54 Å². The van der Waals surface area contributed by atoms with Crippen LogP contribution in [0.15, 0.2) is 77.7 Å². The molecule has 0 aliphatic rings. The number of hydrogen-bond acceptors (Lipinski definition) is 2. The molecule has 4 aromatic rings. The van der Waals surface area contributed by atoms with Crippen LogP contribution in [0, 0.1) is 18.6 Å². The Bertz CT molecular complexity index is 1290. The van der Waals surface area contributed by atoms with Gasteiger partial charge in [0.25, 0.3) is 0 Å². The van der Waals surface area contributed by atoms with Gasteiger partial charge >= 0.3 is 0 Å². The smallest absolute Gasteiger partial charge is 0.200 e. The predicted molar refractivity (Wildman–Crippen MR) is 108 cm³/mol. The minimum atomic E-state index is -0.553. The first-order valence-corrected chi connectivity index (χ1v) is 9.11. The summed E-state index contributed by atoms with van der Waals surface area (Å²) < 4.78 is 28.8. The predicted octanol–water partition coefficient (Wildman–Crippen LogP) is 4.87. The van der Waals surface area contributed by atoms with E-state index in [4.69, 9.17) is 0 Å². The minimum absolute atomic E-state index is 0.0811. The SMILES string of the molecule is Cc1cccc(Cn2cc(C(=O)c3ccc(F)cc3)c(=O)c3cc(F)ccc32)c1. The fraction of sp³-hybridized carbons (Fsp3) is 0.0833. The van der Waals surface area contributed by atoms with E-state index in [1.807, 2.05) is 31.2 Å². The van der Waals surface area contributed by atoms with Gasteiger partial charge in [-0.05, 0) is 55.0 Å². The molecule has 0 radical (unpaired) electrons. The summed E-state index contributed by atoms with van der Waals surface area (Å²) in [5.74, 6) is -1.55. The van der Waals surface area contributed by atoms with Crippen LogP contribution in [0.1, 0.15) is 27.0 Å². The Kier molecular flexibility index (Phi) is 4.80. The molecule has 3 nitrogen and oxygen atoms in total. The Morgan fingerprint density at radius 1 is 0.931 bits per heavy atom. The number of rotatable bonds is 4. The minimum Gasteiger partial charge on any atom is -0.342 e. The van der Waals surface area contributed by atoms with E-state index in [1.54, 1.807) is 4.57 Å². The van der Waals surface area contributed by atoms with Crippen LogP contribution in [0.4, 0.5) is 8.78 Å². The average Bonchev–Trinajstić information content (AvgIpc) is 2.70. The van der Waals surface area contributed by atoms with Gasteiger partial charge in [0.15, 0.2) is 5.78 Å². The molecule has 4 rings (SSSR count). The van der Waals surface area contributed by atoms with Crippen molar-refractivity contribution < 1.29 is 13.6 Å². The van der Waals surface area contributed by atoms with E-state index in [0.29, 0.717) is 12.1 Å². The average molecular weight is 389 g/mol. The molecule has 0 bridgehead atoms. The fourth-order valence-corrected chi connectivity index (χ4v) is 3.43. The highest BCUT2D eigenvalue weighted by Crippen LogP contribution is 2.18. The lowest BCUT2D eigenvalue weighted by atomic mass is 10.0. The Balaban J connectivity index is 1.90. The molecule has 1 heterocycles. The Labute approximate surface area is 165 Å². The maximum Gasteiger partial charge on any atom is 0.200 e. The first-order chi connectivity index (χ1) is 13.9. The molecule has 0 spiro atoms. The summed E-state index contributed by atoms with van der Waals surface area (Å²) in [5.41, 5.74) is 2.17. The van der Waals surface area contributed by atoms with Crippen molar-refractivity contribution in [2.75, 3.05) is 0 Å². The molecular weight excluding hydrogens is 372 g/mol. The molecule has 0 unspecified atom stereocenters. The topological polar surface area (TPSA) is 39.1 Å². The van der Waals surface area contributed by atoms with Crippen molar-refractivity contribution in [3.05, 3.63) is 117 Å². The van der Waals surface area contributed by atoms with Crippen molar-refractivity contribution >= 4 is 16.7 Å². The van der Waals surface area contributed by atoms with Crippen LogP contribution in [0.2, 0.25) is 0 Å². The number of aromatic nitrogens is 1. The van der Waals surface area contributed by atoms with Crippen LogP contribution in [0.25, 0.3) is 10.9 Å². The zero-order valence-electron chi connectivity index (χ0n) is 15.7. The number of benzene rings is 3. The third kappa shape index (κ3) is 3.72. The number of fused-ring (bicyclic) bond motifs is 1. The van der Waals surface area contributed by atoms with E-state index in [9.17, 15) is 18.4 Å². The molecule has 29 heavy (non-hydrogen) atoms. The lowest BCUT2D eigenvalue weighted by Gasteiger charge is -2.14. The van der Waals surface area contributed by atoms with Crippen molar-refractivity contribution in [1.29, 1.82) is 0 Å². The Hall–Kier alpha value is -3.60. The molecule has 0 fully saturated rings. The highest BCUT2D eigenvalue weighted by atomic mass is 19.1. The molecule has 0 aliphatic carbocycles. The van der Waals surface area contributed by atoms with Crippen molar-refractivity contribution in [2.24, 2.45) is 0 Å². The van der Waals surface area contributed by atoms with Gasteiger partial charge in [-0.2, -0.15) is 0 Å². The molecule has 0 aliphatic heterocycles. The summed E-state index contributed by atoms with van der Waals surface area (Å²) in [6, 6.07) is 16.8. The number of aryl methyl sites for hydroxylation is 1. The van der Waals surface area contributed by atoms with Gasteiger partial charge in [0.2, 0.25) is 5.43 Å². The van der Waals surface area contributed by atoms with Gasteiger partial charge in [-0.1, -0.05) is 29.8 Å². The number of carbonyl (C=O) groups excluding carboxylic acids is 1. The van der Waals surface area contributed by atoms with Crippen molar-refractivity contribution in [3.63, 3.8) is 0 Å². The number of ketones is 1. The maximum atomic E-state index is 13.9. The lowest BCUT2D eigenvalue weighted by Crippen LogP contribution is -2.20. The zero-order valence-corrected chi connectivity index (χ0v) is 15.7. The molecule has 5 heteroatoms.